The Balaban J connectivity index is 1.89. The second-order valence-electron chi connectivity index (χ2n) is 7.09. The Morgan fingerprint density at radius 2 is 1.83 bits per heavy atom. The van der Waals surface area contributed by atoms with Gasteiger partial charge >= 0.3 is 0 Å². The summed E-state index contributed by atoms with van der Waals surface area (Å²) in [7, 11) is -3.65. The van der Waals surface area contributed by atoms with E-state index in [0.29, 0.717) is 47.4 Å². The summed E-state index contributed by atoms with van der Waals surface area (Å²) >= 11 is 0. The predicted molar refractivity (Wildman–Crippen MR) is 111 cm³/mol. The molecule has 0 bridgehead atoms. The minimum atomic E-state index is -3.65. The molecule has 0 N–H and O–H groups in total. The average Bonchev–Trinajstić information content (AvgIpc) is 3.16. The zero-order chi connectivity index (χ0) is 20.9. The van der Waals surface area contributed by atoms with Gasteiger partial charge < -0.3 is 9.42 Å². The molecule has 8 heteroatoms. The third-order valence-electron chi connectivity index (χ3n) is 5.57. The van der Waals surface area contributed by atoms with Crippen molar-refractivity contribution in [3.05, 3.63) is 52.9 Å². The van der Waals surface area contributed by atoms with Gasteiger partial charge in [-0.3, -0.25) is 4.79 Å². The van der Waals surface area contributed by atoms with Crippen LogP contribution in [-0.2, 0) is 16.6 Å². The molecule has 3 aromatic rings. The molecule has 0 saturated heterocycles. The molecule has 1 aliphatic heterocycles. The molecule has 0 atom stereocenters. The van der Waals surface area contributed by atoms with Crippen LogP contribution in [-0.4, -0.2) is 36.9 Å². The van der Waals surface area contributed by atoms with Gasteiger partial charge in [0.25, 0.3) is 5.91 Å². The van der Waals surface area contributed by atoms with E-state index in [1.54, 1.807) is 35.2 Å². The molecule has 0 radical (unpaired) electrons. The first-order valence-corrected chi connectivity index (χ1v) is 11.0. The number of nitrogens with zero attached hydrogens (tertiary/aromatic N) is 3. The summed E-state index contributed by atoms with van der Waals surface area (Å²) in [4.78, 5) is 15.0. The highest BCUT2D eigenvalue weighted by Gasteiger charge is 2.34. The molecule has 1 aromatic heterocycles. The summed E-state index contributed by atoms with van der Waals surface area (Å²) in [5.41, 5.74) is 2.82. The molecule has 0 saturated carbocycles. The van der Waals surface area contributed by atoms with Crippen LogP contribution in [0.15, 0.2) is 39.8 Å². The van der Waals surface area contributed by atoms with Crippen molar-refractivity contribution >= 4 is 32.4 Å². The number of aromatic nitrogens is 1. The van der Waals surface area contributed by atoms with Gasteiger partial charge in [-0.15, -0.1) is 0 Å². The zero-order valence-electron chi connectivity index (χ0n) is 16.9. The Hall–Kier alpha value is -2.71. The van der Waals surface area contributed by atoms with Gasteiger partial charge in [-0.05, 0) is 32.0 Å². The maximum atomic E-state index is 13.2. The van der Waals surface area contributed by atoms with Crippen LogP contribution in [0.3, 0.4) is 0 Å². The first-order valence-electron chi connectivity index (χ1n) is 9.60. The molecule has 7 nitrogen and oxygen atoms in total. The first kappa shape index (κ1) is 19.6. The number of rotatable bonds is 6. The van der Waals surface area contributed by atoms with Crippen molar-refractivity contribution in [3.8, 4) is 0 Å². The van der Waals surface area contributed by atoms with Crippen molar-refractivity contribution in [2.75, 3.05) is 18.0 Å². The molecule has 4 rings (SSSR count). The number of carbonyl (C=O) groups excluding carboxylic acids is 1. The minimum absolute atomic E-state index is 0.150. The number of hydrogen-bond acceptors (Lipinski definition) is 5. The Morgan fingerprint density at radius 3 is 2.45 bits per heavy atom. The molecule has 0 aliphatic carbocycles. The van der Waals surface area contributed by atoms with E-state index in [-0.39, 0.29) is 10.8 Å². The van der Waals surface area contributed by atoms with Crippen molar-refractivity contribution in [2.45, 2.75) is 39.1 Å². The lowest BCUT2D eigenvalue weighted by Gasteiger charge is -2.21. The number of aryl methyl sites for hydroxylation is 2. The van der Waals surface area contributed by atoms with Crippen LogP contribution in [0.1, 0.15) is 41.2 Å². The third-order valence-corrected chi connectivity index (χ3v) is 7.67. The van der Waals surface area contributed by atoms with E-state index in [9.17, 15) is 13.2 Å². The van der Waals surface area contributed by atoms with Gasteiger partial charge in [-0.1, -0.05) is 31.1 Å². The van der Waals surface area contributed by atoms with Crippen molar-refractivity contribution in [3.63, 3.8) is 0 Å². The lowest BCUT2D eigenvalue weighted by Crippen LogP contribution is -2.30. The highest BCUT2D eigenvalue weighted by Crippen LogP contribution is 2.41. The van der Waals surface area contributed by atoms with E-state index >= 15 is 0 Å². The quantitative estimate of drug-likeness (QED) is 0.616. The van der Waals surface area contributed by atoms with E-state index in [0.717, 1.165) is 11.3 Å². The van der Waals surface area contributed by atoms with E-state index in [1.165, 1.54) is 4.31 Å². The van der Waals surface area contributed by atoms with E-state index in [1.807, 2.05) is 27.7 Å². The Labute approximate surface area is 169 Å². The summed E-state index contributed by atoms with van der Waals surface area (Å²) in [6.07, 6.45) is 0. The summed E-state index contributed by atoms with van der Waals surface area (Å²) < 4.78 is 33.0. The van der Waals surface area contributed by atoms with Crippen LogP contribution in [0.5, 0.6) is 0 Å². The number of benzene rings is 2. The van der Waals surface area contributed by atoms with Crippen LogP contribution in [0.2, 0.25) is 0 Å². The van der Waals surface area contributed by atoms with Crippen LogP contribution >= 0.6 is 0 Å². The van der Waals surface area contributed by atoms with E-state index in [2.05, 4.69) is 5.16 Å². The number of anilines is 1. The van der Waals surface area contributed by atoms with Crippen molar-refractivity contribution in [2.24, 2.45) is 0 Å². The average molecular weight is 413 g/mol. The molecule has 0 fully saturated rings. The highest BCUT2D eigenvalue weighted by atomic mass is 32.2. The standard InChI is InChI=1S/C21H23N3O4S/c1-5-23(6-2)29(26,27)19-11-10-18-20-15(19)8-7-9-16(20)21(25)24(18)12-17-13(3)22-28-14(17)4/h7-11H,5-6,12H2,1-4H3. The highest BCUT2D eigenvalue weighted by molar-refractivity contribution is 7.89. The molecule has 152 valence electrons. The third kappa shape index (κ3) is 2.86. The van der Waals surface area contributed by atoms with Gasteiger partial charge in [-0.2, -0.15) is 4.31 Å². The van der Waals surface area contributed by atoms with Crippen molar-refractivity contribution in [1.29, 1.82) is 0 Å². The molecular weight excluding hydrogens is 390 g/mol. The number of hydrogen-bond donors (Lipinski definition) is 0. The molecule has 0 unspecified atom stereocenters. The van der Waals surface area contributed by atoms with Crippen molar-refractivity contribution < 1.29 is 17.7 Å². The summed E-state index contributed by atoms with van der Waals surface area (Å²) in [6, 6.07) is 8.58. The number of carbonyl (C=O) groups is 1. The second-order valence-corrected chi connectivity index (χ2v) is 9.00. The molecule has 2 aromatic carbocycles. The van der Waals surface area contributed by atoms with Crippen molar-refractivity contribution in [1.82, 2.24) is 9.46 Å². The molecular formula is C21H23N3O4S. The van der Waals surface area contributed by atoms with Crippen LogP contribution < -0.4 is 4.90 Å². The van der Waals surface area contributed by atoms with Crippen LogP contribution in [0.4, 0.5) is 5.69 Å². The number of sulfonamides is 1. The molecule has 2 heterocycles. The molecule has 1 amide bonds. The minimum Gasteiger partial charge on any atom is -0.361 e. The van der Waals surface area contributed by atoms with Gasteiger partial charge in [0.15, 0.2) is 0 Å². The predicted octanol–water partition coefficient (Wildman–Crippen LogP) is 3.64. The topological polar surface area (TPSA) is 83.7 Å². The maximum absolute atomic E-state index is 13.2. The van der Waals surface area contributed by atoms with Gasteiger partial charge in [0.05, 0.1) is 22.8 Å². The van der Waals surface area contributed by atoms with E-state index < -0.39 is 10.0 Å². The van der Waals surface area contributed by atoms with Crippen LogP contribution in [0, 0.1) is 13.8 Å². The lowest BCUT2D eigenvalue weighted by atomic mass is 10.1. The Kier molecular flexibility index (Phi) is 4.71. The summed E-state index contributed by atoms with van der Waals surface area (Å²) in [5, 5.41) is 5.22. The monoisotopic (exact) mass is 413 g/mol. The van der Waals surface area contributed by atoms with E-state index in [4.69, 9.17) is 4.52 Å². The maximum Gasteiger partial charge on any atom is 0.259 e. The zero-order valence-corrected chi connectivity index (χ0v) is 17.7. The normalized spacial score (nSPS) is 13.8. The SMILES string of the molecule is CCN(CC)S(=O)(=O)c1ccc2c3c(cccc13)C(=O)N2Cc1c(C)noc1C. The fourth-order valence-corrected chi connectivity index (χ4v) is 5.64. The fourth-order valence-electron chi connectivity index (χ4n) is 3.99. The fraction of sp³-hybridized carbons (Fsp3) is 0.333. The number of amides is 1. The molecule has 1 aliphatic rings. The Morgan fingerprint density at radius 1 is 1.10 bits per heavy atom. The Bertz CT molecular complexity index is 1210. The van der Waals surface area contributed by atoms with Gasteiger partial charge in [0.1, 0.15) is 5.76 Å². The summed E-state index contributed by atoms with van der Waals surface area (Å²) in [6.45, 7) is 8.39. The molecule has 0 spiro atoms. The van der Waals surface area contributed by atoms with Crippen LogP contribution in [0.25, 0.3) is 10.8 Å². The first-order chi connectivity index (χ1) is 13.8. The molecule has 29 heavy (non-hydrogen) atoms. The van der Waals surface area contributed by atoms with Gasteiger partial charge in [-0.25, -0.2) is 8.42 Å². The largest absolute Gasteiger partial charge is 0.361 e. The lowest BCUT2D eigenvalue weighted by molar-refractivity contribution is 0.0991. The second kappa shape index (κ2) is 6.96. The summed E-state index contributed by atoms with van der Waals surface area (Å²) in [5.74, 6) is 0.520. The van der Waals surface area contributed by atoms with Gasteiger partial charge in [0, 0.05) is 35.0 Å². The smallest absolute Gasteiger partial charge is 0.259 e. The van der Waals surface area contributed by atoms with Gasteiger partial charge in [0.2, 0.25) is 10.0 Å².